The van der Waals surface area contributed by atoms with Crippen molar-refractivity contribution in [1.29, 1.82) is 0 Å². The van der Waals surface area contributed by atoms with Gasteiger partial charge in [0.25, 0.3) is 11.8 Å². The first-order chi connectivity index (χ1) is 17.4. The standard InChI is InChI=1S/C29H36N2O4S/c1-19-9-10-20(2)23(15-19)18-31-24-7-5-6-8-25(24)36-26(29(31)33)16-21-11-13-22(14-12-21)28(32)30-17-27(34-3)35-4/h9-16,24-25,27H,5-8,17-18H2,1-4H3,(H,30,32)/b26-16-. The number of fused-ring (bicyclic) bond motifs is 1. The maximum Gasteiger partial charge on any atom is 0.260 e. The monoisotopic (exact) mass is 508 g/mol. The van der Waals surface area contributed by atoms with E-state index in [1.807, 2.05) is 18.2 Å². The highest BCUT2D eigenvalue weighted by Crippen LogP contribution is 2.43. The van der Waals surface area contributed by atoms with Crippen molar-refractivity contribution in [3.05, 3.63) is 75.2 Å². The fourth-order valence-corrected chi connectivity index (χ4v) is 6.41. The first-order valence-electron chi connectivity index (χ1n) is 12.6. The molecule has 36 heavy (non-hydrogen) atoms. The Morgan fingerprint density at radius 1 is 1.11 bits per heavy atom. The van der Waals surface area contributed by atoms with E-state index in [1.54, 1.807) is 23.9 Å². The molecule has 7 heteroatoms. The van der Waals surface area contributed by atoms with Crippen LogP contribution in [0.25, 0.3) is 6.08 Å². The zero-order valence-corrected chi connectivity index (χ0v) is 22.4. The maximum absolute atomic E-state index is 13.7. The summed E-state index contributed by atoms with van der Waals surface area (Å²) in [4.78, 5) is 29.1. The van der Waals surface area contributed by atoms with E-state index in [-0.39, 0.29) is 24.4 Å². The fourth-order valence-electron chi connectivity index (χ4n) is 4.94. The number of nitrogens with zero attached hydrogens (tertiary/aromatic N) is 1. The van der Waals surface area contributed by atoms with E-state index in [1.165, 1.54) is 43.8 Å². The lowest BCUT2D eigenvalue weighted by atomic mass is 9.92. The summed E-state index contributed by atoms with van der Waals surface area (Å²) < 4.78 is 10.2. The average molecular weight is 509 g/mol. The molecule has 0 radical (unpaired) electrons. The van der Waals surface area contributed by atoms with Gasteiger partial charge in [-0.15, -0.1) is 11.8 Å². The van der Waals surface area contributed by atoms with Gasteiger partial charge in [0, 0.05) is 37.6 Å². The largest absolute Gasteiger partial charge is 0.354 e. The molecule has 1 saturated heterocycles. The second-order valence-corrected chi connectivity index (χ2v) is 10.9. The summed E-state index contributed by atoms with van der Waals surface area (Å²) >= 11 is 1.73. The van der Waals surface area contributed by atoms with E-state index in [9.17, 15) is 9.59 Å². The average Bonchev–Trinajstić information content (AvgIpc) is 2.89. The van der Waals surface area contributed by atoms with Crippen LogP contribution in [-0.4, -0.2) is 55.1 Å². The molecular formula is C29H36N2O4S. The topological polar surface area (TPSA) is 67.9 Å². The Labute approximate surface area is 218 Å². The summed E-state index contributed by atoms with van der Waals surface area (Å²) in [6.45, 7) is 5.13. The van der Waals surface area contributed by atoms with E-state index in [4.69, 9.17) is 9.47 Å². The quantitative estimate of drug-likeness (QED) is 0.398. The van der Waals surface area contributed by atoms with E-state index >= 15 is 0 Å². The smallest absolute Gasteiger partial charge is 0.260 e. The Kier molecular flexibility index (Phi) is 8.88. The molecule has 2 fully saturated rings. The number of ether oxygens (including phenoxy) is 2. The summed E-state index contributed by atoms with van der Waals surface area (Å²) in [5.41, 5.74) is 5.12. The molecule has 1 aliphatic carbocycles. The molecule has 1 N–H and O–H groups in total. The van der Waals surface area contributed by atoms with Crippen LogP contribution in [0.2, 0.25) is 0 Å². The third-order valence-corrected chi connectivity index (χ3v) is 8.49. The summed E-state index contributed by atoms with van der Waals surface area (Å²) in [6.07, 6.45) is 6.08. The molecule has 0 bridgehead atoms. The van der Waals surface area contributed by atoms with Gasteiger partial charge in [-0.2, -0.15) is 0 Å². The molecule has 1 saturated carbocycles. The van der Waals surface area contributed by atoms with Crippen LogP contribution in [-0.2, 0) is 20.8 Å². The van der Waals surface area contributed by atoms with Gasteiger partial charge in [0.05, 0.1) is 11.4 Å². The lowest BCUT2D eigenvalue weighted by molar-refractivity contribution is -0.130. The lowest BCUT2D eigenvalue weighted by Gasteiger charge is -2.44. The van der Waals surface area contributed by atoms with Crippen molar-refractivity contribution in [2.24, 2.45) is 0 Å². The van der Waals surface area contributed by atoms with Crippen molar-refractivity contribution in [3.63, 3.8) is 0 Å². The van der Waals surface area contributed by atoms with Crippen LogP contribution in [0.4, 0.5) is 0 Å². The molecule has 2 atom stereocenters. The van der Waals surface area contributed by atoms with Crippen molar-refractivity contribution in [1.82, 2.24) is 10.2 Å². The summed E-state index contributed by atoms with van der Waals surface area (Å²) in [6, 6.07) is 14.1. The number of benzene rings is 2. The molecule has 6 nitrogen and oxygen atoms in total. The number of aryl methyl sites for hydroxylation is 2. The van der Waals surface area contributed by atoms with Gasteiger partial charge in [-0.3, -0.25) is 9.59 Å². The molecule has 192 valence electrons. The summed E-state index contributed by atoms with van der Waals surface area (Å²) in [5, 5.41) is 3.23. The van der Waals surface area contributed by atoms with Crippen LogP contribution in [0.3, 0.4) is 0 Å². The van der Waals surface area contributed by atoms with Crippen LogP contribution in [0.5, 0.6) is 0 Å². The number of carbonyl (C=O) groups excluding carboxylic acids is 2. The number of carbonyl (C=O) groups is 2. The number of nitrogens with one attached hydrogen (secondary N) is 1. The van der Waals surface area contributed by atoms with Crippen molar-refractivity contribution in [2.75, 3.05) is 20.8 Å². The number of methoxy groups -OCH3 is 2. The fraction of sp³-hybridized carbons (Fsp3) is 0.448. The zero-order valence-electron chi connectivity index (χ0n) is 21.6. The number of amides is 2. The van der Waals surface area contributed by atoms with Gasteiger partial charge < -0.3 is 19.7 Å². The van der Waals surface area contributed by atoms with Crippen LogP contribution >= 0.6 is 11.8 Å². The van der Waals surface area contributed by atoms with Crippen LogP contribution in [0.15, 0.2) is 47.4 Å². The molecule has 0 aromatic heterocycles. The second kappa shape index (κ2) is 12.1. The maximum atomic E-state index is 13.7. The Balaban J connectivity index is 1.52. The van der Waals surface area contributed by atoms with Crippen molar-refractivity contribution in [3.8, 4) is 0 Å². The Morgan fingerprint density at radius 3 is 2.56 bits per heavy atom. The van der Waals surface area contributed by atoms with Gasteiger partial charge >= 0.3 is 0 Å². The van der Waals surface area contributed by atoms with Crippen LogP contribution in [0, 0.1) is 13.8 Å². The normalized spacial score (nSPS) is 21.1. The van der Waals surface area contributed by atoms with Crippen LogP contribution < -0.4 is 5.32 Å². The lowest BCUT2D eigenvalue weighted by Crippen LogP contribution is -2.50. The summed E-state index contributed by atoms with van der Waals surface area (Å²) in [7, 11) is 3.07. The van der Waals surface area contributed by atoms with Crippen molar-refractivity contribution in [2.45, 2.75) is 63.7 Å². The number of thioether (sulfide) groups is 1. The molecule has 0 spiro atoms. The third-order valence-electron chi connectivity index (χ3n) is 7.09. The predicted molar refractivity (Wildman–Crippen MR) is 145 cm³/mol. The van der Waals surface area contributed by atoms with Gasteiger partial charge in [0.1, 0.15) is 0 Å². The SMILES string of the molecule is COC(CNC(=O)c1ccc(/C=C2\SC3CCCCC3N(Cc3cc(C)ccc3C)C2=O)cc1)OC. The van der Waals surface area contributed by atoms with E-state index < -0.39 is 6.29 Å². The molecule has 2 unspecified atom stereocenters. The minimum absolute atomic E-state index is 0.107. The van der Waals surface area contributed by atoms with E-state index in [2.05, 4.69) is 42.3 Å². The highest BCUT2D eigenvalue weighted by molar-refractivity contribution is 8.04. The minimum Gasteiger partial charge on any atom is -0.354 e. The molecule has 4 rings (SSSR count). The third kappa shape index (κ3) is 6.20. The summed E-state index contributed by atoms with van der Waals surface area (Å²) in [5.74, 6) is -0.0859. The molecule has 2 aromatic rings. The van der Waals surface area contributed by atoms with E-state index in [0.717, 1.165) is 23.3 Å². The number of hydrogen-bond acceptors (Lipinski definition) is 5. The Bertz CT molecular complexity index is 1110. The molecule has 1 heterocycles. The molecule has 2 aromatic carbocycles. The first-order valence-corrected chi connectivity index (χ1v) is 13.5. The number of rotatable bonds is 8. The minimum atomic E-state index is -0.484. The molecular weight excluding hydrogens is 472 g/mol. The second-order valence-electron chi connectivity index (χ2n) is 9.61. The molecule has 2 amide bonds. The number of hydrogen-bond donors (Lipinski definition) is 1. The first kappa shape index (κ1) is 26.5. The van der Waals surface area contributed by atoms with Gasteiger partial charge in [-0.05, 0) is 61.6 Å². The zero-order chi connectivity index (χ0) is 25.7. The van der Waals surface area contributed by atoms with Crippen molar-refractivity contribution < 1.29 is 19.1 Å². The van der Waals surface area contributed by atoms with Crippen molar-refractivity contribution >= 4 is 29.7 Å². The Morgan fingerprint density at radius 2 is 1.83 bits per heavy atom. The van der Waals surface area contributed by atoms with Gasteiger partial charge in [-0.25, -0.2) is 0 Å². The van der Waals surface area contributed by atoms with Crippen LogP contribution in [0.1, 0.15) is 58.3 Å². The molecule has 1 aliphatic heterocycles. The van der Waals surface area contributed by atoms with Gasteiger partial charge in [-0.1, -0.05) is 48.7 Å². The Hall–Kier alpha value is -2.61. The molecule has 2 aliphatic rings. The predicted octanol–water partition coefficient (Wildman–Crippen LogP) is 5.08. The highest BCUT2D eigenvalue weighted by atomic mass is 32.2. The van der Waals surface area contributed by atoms with Gasteiger partial charge in [0.2, 0.25) is 0 Å². The van der Waals surface area contributed by atoms with E-state index in [0.29, 0.717) is 17.4 Å². The highest BCUT2D eigenvalue weighted by Gasteiger charge is 2.40. The van der Waals surface area contributed by atoms with Gasteiger partial charge in [0.15, 0.2) is 6.29 Å².